The normalized spacial score (nSPS) is 12.8. The molecule has 0 saturated heterocycles. The Bertz CT molecular complexity index is 847. The van der Waals surface area contributed by atoms with E-state index in [2.05, 4.69) is 22.4 Å². The third kappa shape index (κ3) is 4.41. The molecule has 0 fully saturated rings. The van der Waals surface area contributed by atoms with Crippen molar-refractivity contribution in [1.29, 1.82) is 0 Å². The molecule has 3 rings (SSSR count). The highest BCUT2D eigenvalue weighted by atomic mass is 16.6. The van der Waals surface area contributed by atoms with Crippen molar-refractivity contribution in [3.05, 3.63) is 71.9 Å². The molecule has 1 aromatic heterocycles. The summed E-state index contributed by atoms with van der Waals surface area (Å²) >= 11 is 0. The second-order valence-corrected chi connectivity index (χ2v) is 7.17. The number of fused-ring (bicyclic) bond motifs is 1. The first kappa shape index (κ1) is 17.1. The first-order valence-corrected chi connectivity index (χ1v) is 8.52. The summed E-state index contributed by atoms with van der Waals surface area (Å²) in [5.74, 6) is 0. The summed E-state index contributed by atoms with van der Waals surface area (Å²) in [6, 6.07) is 18.0. The minimum Gasteiger partial charge on any atom is -0.444 e. The van der Waals surface area contributed by atoms with Crippen molar-refractivity contribution in [3.63, 3.8) is 0 Å². The molecule has 1 amide bonds. The molecule has 1 atom stereocenters. The molecule has 0 radical (unpaired) electrons. The number of alkyl carbamates (subject to hydrolysis) is 1. The van der Waals surface area contributed by atoms with Crippen LogP contribution in [0.4, 0.5) is 4.79 Å². The van der Waals surface area contributed by atoms with E-state index in [9.17, 15) is 4.79 Å². The van der Waals surface area contributed by atoms with Crippen molar-refractivity contribution in [2.75, 3.05) is 0 Å². The number of aromatic nitrogens is 1. The number of carbonyl (C=O) groups is 1. The van der Waals surface area contributed by atoms with Crippen molar-refractivity contribution in [2.45, 2.75) is 38.8 Å². The number of nitrogens with one attached hydrogen (secondary N) is 2. The zero-order valence-corrected chi connectivity index (χ0v) is 14.9. The van der Waals surface area contributed by atoms with Gasteiger partial charge in [0.1, 0.15) is 5.60 Å². The van der Waals surface area contributed by atoms with E-state index >= 15 is 0 Å². The zero-order chi connectivity index (χ0) is 17.9. The second kappa shape index (κ2) is 7.01. The quantitative estimate of drug-likeness (QED) is 0.706. The van der Waals surface area contributed by atoms with Gasteiger partial charge in [-0.05, 0) is 44.4 Å². The molecule has 4 nitrogen and oxygen atoms in total. The minimum atomic E-state index is -0.522. The van der Waals surface area contributed by atoms with Crippen LogP contribution in [0.5, 0.6) is 0 Å². The first-order valence-electron chi connectivity index (χ1n) is 8.52. The Balaban J connectivity index is 1.85. The highest BCUT2D eigenvalue weighted by Crippen LogP contribution is 2.25. The predicted molar refractivity (Wildman–Crippen MR) is 101 cm³/mol. The van der Waals surface area contributed by atoms with Crippen LogP contribution >= 0.6 is 0 Å². The highest BCUT2D eigenvalue weighted by Gasteiger charge is 2.21. The van der Waals surface area contributed by atoms with Gasteiger partial charge in [-0.3, -0.25) is 0 Å². The highest BCUT2D eigenvalue weighted by molar-refractivity contribution is 5.83. The molecule has 3 aromatic rings. The summed E-state index contributed by atoms with van der Waals surface area (Å²) in [6.45, 7) is 5.59. The number of amides is 1. The second-order valence-electron chi connectivity index (χ2n) is 7.17. The minimum absolute atomic E-state index is 0.157. The van der Waals surface area contributed by atoms with Crippen molar-refractivity contribution >= 4 is 17.0 Å². The van der Waals surface area contributed by atoms with Crippen LogP contribution in [0.25, 0.3) is 10.9 Å². The lowest BCUT2D eigenvalue weighted by Gasteiger charge is -2.24. The summed E-state index contributed by atoms with van der Waals surface area (Å²) in [7, 11) is 0. The largest absolute Gasteiger partial charge is 0.444 e. The Morgan fingerprint density at radius 1 is 1.08 bits per heavy atom. The van der Waals surface area contributed by atoms with Gasteiger partial charge in [-0.15, -0.1) is 0 Å². The Labute approximate surface area is 148 Å². The number of ether oxygens (including phenoxy) is 1. The average Bonchev–Trinajstić information content (AvgIpc) is 2.97. The van der Waals surface area contributed by atoms with Gasteiger partial charge >= 0.3 is 6.09 Å². The zero-order valence-electron chi connectivity index (χ0n) is 14.9. The van der Waals surface area contributed by atoms with Gasteiger partial charge in [-0.25, -0.2) is 4.79 Å². The topological polar surface area (TPSA) is 54.1 Å². The molecule has 1 heterocycles. The molecule has 4 heteroatoms. The standard InChI is InChI=1S/C21H24N2O2/c1-21(2,3)25-20(24)23-19(15-9-5-4-6-10-15)13-16-14-22-18-12-8-7-11-17(16)18/h4-12,14,19,22H,13H2,1-3H3,(H,23,24). The van der Waals surface area contributed by atoms with Gasteiger partial charge in [0.25, 0.3) is 0 Å². The molecule has 0 aliphatic heterocycles. The van der Waals surface area contributed by atoms with E-state index in [1.807, 2.05) is 69.4 Å². The van der Waals surface area contributed by atoms with Crippen molar-refractivity contribution in [1.82, 2.24) is 10.3 Å². The maximum absolute atomic E-state index is 12.3. The van der Waals surface area contributed by atoms with E-state index in [0.717, 1.165) is 11.1 Å². The van der Waals surface area contributed by atoms with Gasteiger partial charge in [0.05, 0.1) is 6.04 Å². The van der Waals surface area contributed by atoms with Gasteiger partial charge in [0.15, 0.2) is 0 Å². The van der Waals surface area contributed by atoms with Crippen molar-refractivity contribution < 1.29 is 9.53 Å². The van der Waals surface area contributed by atoms with Crippen LogP contribution in [0.15, 0.2) is 60.8 Å². The molecule has 2 aromatic carbocycles. The van der Waals surface area contributed by atoms with E-state index in [-0.39, 0.29) is 6.04 Å². The smallest absolute Gasteiger partial charge is 0.408 e. The fourth-order valence-corrected chi connectivity index (χ4v) is 2.91. The van der Waals surface area contributed by atoms with Crippen molar-refractivity contribution in [2.24, 2.45) is 0 Å². The number of benzene rings is 2. The molecule has 0 aliphatic rings. The molecule has 25 heavy (non-hydrogen) atoms. The summed E-state index contributed by atoms with van der Waals surface area (Å²) in [4.78, 5) is 15.6. The number of para-hydroxylation sites is 1. The molecule has 2 N–H and O–H groups in total. The van der Waals surface area contributed by atoms with E-state index < -0.39 is 11.7 Å². The monoisotopic (exact) mass is 336 g/mol. The Kier molecular flexibility index (Phi) is 4.79. The van der Waals surface area contributed by atoms with Crippen LogP contribution in [0, 0.1) is 0 Å². The molecule has 0 saturated carbocycles. The number of H-pyrrole nitrogens is 1. The Morgan fingerprint density at radius 3 is 2.48 bits per heavy atom. The lowest BCUT2D eigenvalue weighted by atomic mass is 9.98. The summed E-state index contributed by atoms with van der Waals surface area (Å²) < 4.78 is 5.44. The maximum Gasteiger partial charge on any atom is 0.408 e. The first-order chi connectivity index (χ1) is 11.9. The Morgan fingerprint density at radius 2 is 1.76 bits per heavy atom. The van der Waals surface area contributed by atoms with Crippen LogP contribution in [-0.2, 0) is 11.2 Å². The number of aromatic amines is 1. The fourth-order valence-electron chi connectivity index (χ4n) is 2.91. The number of rotatable bonds is 4. The third-order valence-corrected chi connectivity index (χ3v) is 3.99. The fraction of sp³-hybridized carbons (Fsp3) is 0.286. The van der Waals surface area contributed by atoms with Crippen LogP contribution in [0.3, 0.4) is 0 Å². The van der Waals surface area contributed by atoms with Gasteiger partial charge < -0.3 is 15.0 Å². The van der Waals surface area contributed by atoms with Gasteiger partial charge in [0.2, 0.25) is 0 Å². The number of hydrogen-bond donors (Lipinski definition) is 2. The van der Waals surface area contributed by atoms with E-state index in [1.54, 1.807) is 0 Å². The summed E-state index contributed by atoms with van der Waals surface area (Å²) in [5.41, 5.74) is 2.80. The summed E-state index contributed by atoms with van der Waals surface area (Å²) in [6.07, 6.45) is 2.30. The van der Waals surface area contributed by atoms with Gasteiger partial charge in [-0.2, -0.15) is 0 Å². The lowest BCUT2D eigenvalue weighted by Crippen LogP contribution is -2.35. The average molecular weight is 336 g/mol. The molecular formula is C21H24N2O2. The van der Waals surface area contributed by atoms with Crippen LogP contribution in [-0.4, -0.2) is 16.7 Å². The number of carbonyl (C=O) groups excluding carboxylic acids is 1. The Hall–Kier alpha value is -2.75. The molecular weight excluding hydrogens is 312 g/mol. The lowest BCUT2D eigenvalue weighted by molar-refractivity contribution is 0.0503. The van der Waals surface area contributed by atoms with Crippen molar-refractivity contribution in [3.8, 4) is 0 Å². The molecule has 1 unspecified atom stereocenters. The number of hydrogen-bond acceptors (Lipinski definition) is 2. The summed E-state index contributed by atoms with van der Waals surface area (Å²) in [5, 5.41) is 4.19. The van der Waals surface area contributed by atoms with Crippen LogP contribution < -0.4 is 5.32 Å². The van der Waals surface area contributed by atoms with Gasteiger partial charge in [0, 0.05) is 17.1 Å². The van der Waals surface area contributed by atoms with Crippen LogP contribution in [0.1, 0.15) is 37.9 Å². The molecule has 0 spiro atoms. The molecule has 0 bridgehead atoms. The van der Waals surface area contributed by atoms with Gasteiger partial charge in [-0.1, -0.05) is 48.5 Å². The van der Waals surface area contributed by atoms with E-state index in [0.29, 0.717) is 6.42 Å². The van der Waals surface area contributed by atoms with E-state index in [4.69, 9.17) is 4.74 Å². The maximum atomic E-state index is 12.3. The predicted octanol–water partition coefficient (Wildman–Crippen LogP) is 4.98. The SMILES string of the molecule is CC(C)(C)OC(=O)NC(Cc1c[nH]c2ccccc12)c1ccccc1. The van der Waals surface area contributed by atoms with E-state index in [1.165, 1.54) is 10.9 Å². The van der Waals surface area contributed by atoms with Crippen LogP contribution in [0.2, 0.25) is 0 Å². The molecule has 0 aliphatic carbocycles. The third-order valence-electron chi connectivity index (χ3n) is 3.99. The molecule has 130 valence electrons.